The Morgan fingerprint density at radius 2 is 1.65 bits per heavy atom. The lowest BCUT2D eigenvalue weighted by Gasteiger charge is -2.35. The van der Waals surface area contributed by atoms with Crippen molar-refractivity contribution in [2.75, 3.05) is 33.3 Å². The van der Waals surface area contributed by atoms with Crippen LogP contribution in [0.3, 0.4) is 0 Å². The quantitative estimate of drug-likeness (QED) is 0.896. The summed E-state index contributed by atoms with van der Waals surface area (Å²) in [5.41, 5.74) is 4.29. The molecule has 3 amide bonds. The fourth-order valence-electron chi connectivity index (χ4n) is 3.41. The van der Waals surface area contributed by atoms with E-state index in [4.69, 9.17) is 4.74 Å². The molecule has 6 nitrogen and oxygen atoms in total. The number of hydrogen-bond acceptors (Lipinski definition) is 3. The van der Waals surface area contributed by atoms with Gasteiger partial charge in [-0.3, -0.25) is 4.79 Å². The van der Waals surface area contributed by atoms with Crippen molar-refractivity contribution in [3.63, 3.8) is 0 Å². The predicted octanol–water partition coefficient (Wildman–Crippen LogP) is 2.43. The zero-order chi connectivity index (χ0) is 19.4. The number of aryl methyl sites for hydroxylation is 1. The van der Waals surface area contributed by atoms with Crippen LogP contribution >= 0.6 is 0 Å². The Morgan fingerprint density at radius 3 is 2.19 bits per heavy atom. The van der Waals surface area contributed by atoms with E-state index in [2.05, 4.69) is 5.32 Å². The van der Waals surface area contributed by atoms with Gasteiger partial charge in [0.05, 0.1) is 13.5 Å². The number of hydrogen-bond donors (Lipinski definition) is 1. The van der Waals surface area contributed by atoms with Gasteiger partial charge in [0.15, 0.2) is 0 Å². The molecule has 144 valence electrons. The van der Waals surface area contributed by atoms with Gasteiger partial charge in [-0.25, -0.2) is 4.79 Å². The summed E-state index contributed by atoms with van der Waals surface area (Å²) in [5.74, 6) is 1.00. The van der Waals surface area contributed by atoms with Gasteiger partial charge >= 0.3 is 6.03 Å². The van der Waals surface area contributed by atoms with E-state index in [1.165, 1.54) is 0 Å². The Hall–Kier alpha value is -2.24. The molecule has 2 rings (SSSR count). The highest BCUT2D eigenvalue weighted by molar-refractivity contribution is 5.80. The number of ether oxygens (including phenoxy) is 1. The largest absolute Gasteiger partial charge is 0.496 e. The maximum atomic E-state index is 12.7. The fraction of sp³-hybridized carbons (Fsp3) is 0.600. The van der Waals surface area contributed by atoms with Gasteiger partial charge in [-0.1, -0.05) is 6.07 Å². The summed E-state index contributed by atoms with van der Waals surface area (Å²) in [6, 6.07) is 2.11. The second-order valence-electron chi connectivity index (χ2n) is 7.28. The summed E-state index contributed by atoms with van der Waals surface area (Å²) in [6.45, 7) is 12.3. The first-order valence-corrected chi connectivity index (χ1v) is 9.21. The van der Waals surface area contributed by atoms with Crippen LogP contribution in [-0.4, -0.2) is 61.1 Å². The van der Waals surface area contributed by atoms with Gasteiger partial charge in [0.1, 0.15) is 5.75 Å². The first-order valence-electron chi connectivity index (χ1n) is 9.21. The topological polar surface area (TPSA) is 61.9 Å². The van der Waals surface area contributed by atoms with Crippen molar-refractivity contribution in [2.45, 2.75) is 47.1 Å². The van der Waals surface area contributed by atoms with Crippen LogP contribution in [0.2, 0.25) is 0 Å². The van der Waals surface area contributed by atoms with Crippen molar-refractivity contribution in [2.24, 2.45) is 0 Å². The van der Waals surface area contributed by atoms with E-state index in [1.807, 2.05) is 45.6 Å². The lowest BCUT2D eigenvalue weighted by molar-refractivity contribution is -0.131. The third kappa shape index (κ3) is 4.48. The van der Waals surface area contributed by atoms with Crippen LogP contribution in [0.25, 0.3) is 0 Å². The molecule has 1 saturated heterocycles. The van der Waals surface area contributed by atoms with Crippen LogP contribution in [0, 0.1) is 20.8 Å². The van der Waals surface area contributed by atoms with Crippen molar-refractivity contribution in [1.29, 1.82) is 0 Å². The van der Waals surface area contributed by atoms with E-state index in [0.717, 1.165) is 28.0 Å². The molecular formula is C20H31N3O3. The van der Waals surface area contributed by atoms with Crippen LogP contribution in [-0.2, 0) is 11.2 Å². The molecule has 1 aliphatic heterocycles. The normalized spacial score (nSPS) is 14.6. The highest BCUT2D eigenvalue weighted by Crippen LogP contribution is 2.29. The second kappa shape index (κ2) is 8.43. The average molecular weight is 361 g/mol. The molecule has 1 aliphatic rings. The molecule has 0 atom stereocenters. The summed E-state index contributed by atoms with van der Waals surface area (Å²) in [4.78, 5) is 28.4. The molecule has 0 unspecified atom stereocenters. The molecule has 26 heavy (non-hydrogen) atoms. The summed E-state index contributed by atoms with van der Waals surface area (Å²) in [5, 5.41) is 2.90. The van der Waals surface area contributed by atoms with Gasteiger partial charge in [-0.15, -0.1) is 0 Å². The van der Waals surface area contributed by atoms with Crippen molar-refractivity contribution in [3.05, 3.63) is 28.3 Å². The Kier molecular flexibility index (Phi) is 6.51. The second-order valence-corrected chi connectivity index (χ2v) is 7.28. The fourth-order valence-corrected chi connectivity index (χ4v) is 3.41. The molecule has 0 radical (unpaired) electrons. The number of benzene rings is 1. The smallest absolute Gasteiger partial charge is 0.317 e. The first kappa shape index (κ1) is 20.1. The summed E-state index contributed by atoms with van der Waals surface area (Å²) >= 11 is 0. The number of rotatable bonds is 4. The molecule has 0 bridgehead atoms. The Bertz CT molecular complexity index is 677. The van der Waals surface area contributed by atoms with E-state index in [-0.39, 0.29) is 18.0 Å². The molecule has 0 aromatic heterocycles. The molecule has 6 heteroatoms. The van der Waals surface area contributed by atoms with Gasteiger partial charge in [0.25, 0.3) is 0 Å². The van der Waals surface area contributed by atoms with Gasteiger partial charge in [0.2, 0.25) is 5.91 Å². The van der Waals surface area contributed by atoms with Gasteiger partial charge in [-0.2, -0.15) is 0 Å². The number of piperazine rings is 1. The van der Waals surface area contributed by atoms with E-state index < -0.39 is 0 Å². The standard InChI is InChI=1S/C20H31N3O3/c1-13(2)21-20(25)23-9-7-22(8-10-23)18(24)12-17-11-14(3)19(26-6)16(5)15(17)4/h11,13H,7-10,12H2,1-6H3,(H,21,25). The highest BCUT2D eigenvalue weighted by atomic mass is 16.5. The molecule has 1 fully saturated rings. The van der Waals surface area contributed by atoms with Gasteiger partial charge in [-0.05, 0) is 56.9 Å². The van der Waals surface area contributed by atoms with Crippen LogP contribution < -0.4 is 10.1 Å². The van der Waals surface area contributed by atoms with E-state index >= 15 is 0 Å². The molecule has 0 spiro atoms. The monoisotopic (exact) mass is 361 g/mol. The third-order valence-corrected chi connectivity index (χ3v) is 5.01. The lowest BCUT2D eigenvalue weighted by atomic mass is 9.96. The van der Waals surface area contributed by atoms with Crippen molar-refractivity contribution < 1.29 is 14.3 Å². The third-order valence-electron chi connectivity index (χ3n) is 5.01. The maximum Gasteiger partial charge on any atom is 0.317 e. The molecule has 0 aliphatic carbocycles. The minimum absolute atomic E-state index is 0.0515. The Balaban J connectivity index is 1.99. The highest BCUT2D eigenvalue weighted by Gasteiger charge is 2.25. The number of urea groups is 1. The molecule has 1 N–H and O–H groups in total. The van der Waals surface area contributed by atoms with Crippen LogP contribution in [0.1, 0.15) is 36.1 Å². The summed E-state index contributed by atoms with van der Waals surface area (Å²) in [7, 11) is 1.68. The average Bonchev–Trinajstić information content (AvgIpc) is 2.59. The molecule has 1 aromatic rings. The number of carbonyl (C=O) groups is 2. The minimum Gasteiger partial charge on any atom is -0.496 e. The SMILES string of the molecule is COc1c(C)cc(CC(=O)N2CCN(C(=O)NC(C)C)CC2)c(C)c1C. The van der Waals surface area contributed by atoms with Crippen molar-refractivity contribution in [1.82, 2.24) is 15.1 Å². The summed E-state index contributed by atoms with van der Waals surface area (Å²) < 4.78 is 5.46. The van der Waals surface area contributed by atoms with Gasteiger partial charge < -0.3 is 19.9 Å². The first-order chi connectivity index (χ1) is 12.2. The molecule has 0 saturated carbocycles. The lowest BCUT2D eigenvalue weighted by Crippen LogP contribution is -2.54. The van der Waals surface area contributed by atoms with Gasteiger partial charge in [0, 0.05) is 32.2 Å². The maximum absolute atomic E-state index is 12.7. The van der Waals surface area contributed by atoms with E-state index in [9.17, 15) is 9.59 Å². The predicted molar refractivity (Wildman–Crippen MR) is 103 cm³/mol. The zero-order valence-electron chi connectivity index (χ0n) is 16.8. The van der Waals surface area contributed by atoms with E-state index in [0.29, 0.717) is 32.6 Å². The van der Waals surface area contributed by atoms with Crippen molar-refractivity contribution in [3.8, 4) is 5.75 Å². The van der Waals surface area contributed by atoms with Crippen LogP contribution in [0.4, 0.5) is 4.79 Å². The van der Waals surface area contributed by atoms with E-state index in [1.54, 1.807) is 12.0 Å². The molecule has 1 aromatic carbocycles. The Morgan fingerprint density at radius 1 is 1.08 bits per heavy atom. The van der Waals surface area contributed by atoms with Crippen LogP contribution in [0.5, 0.6) is 5.75 Å². The number of carbonyl (C=O) groups excluding carboxylic acids is 2. The van der Waals surface area contributed by atoms with Crippen LogP contribution in [0.15, 0.2) is 6.07 Å². The number of methoxy groups -OCH3 is 1. The number of amides is 3. The number of nitrogens with zero attached hydrogens (tertiary/aromatic N) is 2. The summed E-state index contributed by atoms with van der Waals surface area (Å²) in [6.07, 6.45) is 0.385. The van der Waals surface area contributed by atoms with Crippen molar-refractivity contribution >= 4 is 11.9 Å². The molecular weight excluding hydrogens is 330 g/mol. The molecule has 1 heterocycles. The zero-order valence-corrected chi connectivity index (χ0v) is 16.8. The Labute approximate surface area is 156 Å². The minimum atomic E-state index is -0.0515. The number of nitrogens with one attached hydrogen (secondary N) is 1.